The van der Waals surface area contributed by atoms with E-state index in [1.165, 1.54) is 11.8 Å². The number of halogens is 3. The summed E-state index contributed by atoms with van der Waals surface area (Å²) in [6, 6.07) is 0. The van der Waals surface area contributed by atoms with E-state index in [0.29, 0.717) is 23.5 Å². The average molecular weight is 244 g/mol. The lowest BCUT2D eigenvalue weighted by Gasteiger charge is -1.97. The highest BCUT2D eigenvalue weighted by molar-refractivity contribution is 8.01. The third kappa shape index (κ3) is 3.43. The molecule has 0 atom stereocenters. The van der Waals surface area contributed by atoms with Crippen molar-refractivity contribution in [1.29, 1.82) is 0 Å². The Bertz CT molecular complexity index is 289. The Morgan fingerprint density at radius 3 is 2.57 bits per heavy atom. The predicted molar refractivity (Wildman–Crippen MR) is 47.3 cm³/mol. The van der Waals surface area contributed by atoms with Gasteiger partial charge in [0.15, 0.2) is 4.34 Å². The zero-order valence-corrected chi connectivity index (χ0v) is 8.55. The molecule has 0 aliphatic carbocycles. The molecule has 0 aromatic carbocycles. The SMILES string of the molecule is OCCCSc1nnc(C(F)(F)F)s1. The summed E-state index contributed by atoms with van der Waals surface area (Å²) in [4.78, 5) is 0. The van der Waals surface area contributed by atoms with Gasteiger partial charge in [0.1, 0.15) is 0 Å². The fourth-order valence-electron chi connectivity index (χ4n) is 0.607. The molecular formula is C6H7F3N2OS2. The molecule has 14 heavy (non-hydrogen) atoms. The van der Waals surface area contributed by atoms with Crippen LogP contribution in [0.25, 0.3) is 0 Å². The minimum Gasteiger partial charge on any atom is -0.396 e. The van der Waals surface area contributed by atoms with Crippen LogP contribution in [0.4, 0.5) is 13.2 Å². The van der Waals surface area contributed by atoms with Crippen molar-refractivity contribution in [2.75, 3.05) is 12.4 Å². The number of hydrogen-bond acceptors (Lipinski definition) is 5. The molecule has 1 N–H and O–H groups in total. The second-order valence-corrected chi connectivity index (χ2v) is 4.62. The number of nitrogens with zero attached hydrogens (tertiary/aromatic N) is 2. The van der Waals surface area contributed by atoms with Crippen molar-refractivity contribution in [3.63, 3.8) is 0 Å². The Morgan fingerprint density at radius 1 is 1.36 bits per heavy atom. The zero-order chi connectivity index (χ0) is 10.6. The standard InChI is InChI=1S/C6H7F3N2OS2/c7-6(8,9)4-10-11-5(14-4)13-3-1-2-12/h12H,1-3H2. The number of aliphatic hydroxyl groups excluding tert-OH is 1. The summed E-state index contributed by atoms with van der Waals surface area (Å²) in [7, 11) is 0. The first-order chi connectivity index (χ1) is 6.54. The fourth-order valence-corrected chi connectivity index (χ4v) is 2.32. The molecular weight excluding hydrogens is 237 g/mol. The first-order valence-corrected chi connectivity index (χ1v) is 5.48. The lowest BCUT2D eigenvalue weighted by molar-refractivity contribution is -0.138. The molecule has 0 amide bonds. The van der Waals surface area contributed by atoms with E-state index < -0.39 is 11.2 Å². The second-order valence-electron chi connectivity index (χ2n) is 2.30. The van der Waals surface area contributed by atoms with Crippen molar-refractivity contribution >= 4 is 23.1 Å². The minimum absolute atomic E-state index is 0.0257. The van der Waals surface area contributed by atoms with Crippen molar-refractivity contribution in [3.05, 3.63) is 5.01 Å². The highest BCUT2D eigenvalue weighted by Gasteiger charge is 2.35. The molecule has 0 radical (unpaired) electrons. The molecule has 3 nitrogen and oxygen atoms in total. The topological polar surface area (TPSA) is 46.0 Å². The molecule has 0 spiro atoms. The third-order valence-electron chi connectivity index (χ3n) is 1.18. The largest absolute Gasteiger partial charge is 0.445 e. The van der Waals surface area contributed by atoms with E-state index in [9.17, 15) is 13.2 Å². The van der Waals surface area contributed by atoms with Crippen molar-refractivity contribution in [2.45, 2.75) is 16.9 Å². The molecule has 0 saturated carbocycles. The molecule has 0 bridgehead atoms. The van der Waals surface area contributed by atoms with Crippen LogP contribution in [0.1, 0.15) is 11.4 Å². The van der Waals surface area contributed by atoms with Crippen LogP contribution >= 0.6 is 23.1 Å². The van der Waals surface area contributed by atoms with Gasteiger partial charge < -0.3 is 5.11 Å². The van der Waals surface area contributed by atoms with Gasteiger partial charge in [0.05, 0.1) is 0 Å². The Labute approximate surface area is 86.4 Å². The van der Waals surface area contributed by atoms with Crippen molar-refractivity contribution < 1.29 is 18.3 Å². The van der Waals surface area contributed by atoms with E-state index in [2.05, 4.69) is 10.2 Å². The van der Waals surface area contributed by atoms with Gasteiger partial charge in [-0.3, -0.25) is 0 Å². The van der Waals surface area contributed by atoms with Gasteiger partial charge in [0.25, 0.3) is 0 Å². The number of alkyl halides is 3. The maximum absolute atomic E-state index is 12.0. The molecule has 0 aliphatic rings. The van der Waals surface area contributed by atoms with E-state index in [1.807, 2.05) is 0 Å². The summed E-state index contributed by atoms with van der Waals surface area (Å²) >= 11 is 1.69. The monoisotopic (exact) mass is 244 g/mol. The van der Waals surface area contributed by atoms with Crippen LogP contribution in [-0.2, 0) is 6.18 Å². The lowest BCUT2D eigenvalue weighted by Crippen LogP contribution is -2.03. The first kappa shape index (κ1) is 11.7. The molecule has 80 valence electrons. The predicted octanol–water partition coefficient (Wildman–Crippen LogP) is 2.03. The average Bonchev–Trinajstić information content (AvgIpc) is 2.52. The summed E-state index contributed by atoms with van der Waals surface area (Å²) in [6.07, 6.45) is -3.88. The molecule has 0 saturated heterocycles. The molecule has 1 aromatic heterocycles. The molecule has 0 unspecified atom stereocenters. The smallest absolute Gasteiger partial charge is 0.396 e. The number of thioether (sulfide) groups is 1. The normalized spacial score (nSPS) is 12.0. The summed E-state index contributed by atoms with van der Waals surface area (Å²) in [6.45, 7) is 0.0257. The van der Waals surface area contributed by atoms with Crippen LogP contribution in [0, 0.1) is 0 Å². The van der Waals surface area contributed by atoms with E-state index >= 15 is 0 Å². The van der Waals surface area contributed by atoms with Gasteiger partial charge in [-0.05, 0) is 6.42 Å². The van der Waals surface area contributed by atoms with Crippen LogP contribution in [0.3, 0.4) is 0 Å². The quantitative estimate of drug-likeness (QED) is 0.650. The van der Waals surface area contributed by atoms with E-state index in [1.54, 1.807) is 0 Å². The molecule has 1 heterocycles. The maximum Gasteiger partial charge on any atom is 0.445 e. The van der Waals surface area contributed by atoms with Gasteiger partial charge in [-0.2, -0.15) is 13.2 Å². The highest BCUT2D eigenvalue weighted by Crippen LogP contribution is 2.34. The number of aromatic nitrogens is 2. The molecule has 8 heteroatoms. The number of rotatable bonds is 4. The molecule has 1 rings (SSSR count). The van der Waals surface area contributed by atoms with Gasteiger partial charge in [0.2, 0.25) is 5.01 Å². The number of aliphatic hydroxyl groups is 1. The zero-order valence-electron chi connectivity index (χ0n) is 6.91. The first-order valence-electron chi connectivity index (χ1n) is 3.68. The van der Waals surface area contributed by atoms with E-state index in [0.717, 1.165) is 0 Å². The van der Waals surface area contributed by atoms with Gasteiger partial charge in [0, 0.05) is 12.4 Å². The Morgan fingerprint density at radius 2 is 2.07 bits per heavy atom. The van der Waals surface area contributed by atoms with Crippen molar-refractivity contribution in [2.24, 2.45) is 0 Å². The lowest BCUT2D eigenvalue weighted by atomic mass is 10.5. The van der Waals surface area contributed by atoms with Crippen LogP contribution in [0.2, 0.25) is 0 Å². The fraction of sp³-hybridized carbons (Fsp3) is 0.667. The van der Waals surface area contributed by atoms with Crippen LogP contribution in [0.15, 0.2) is 4.34 Å². The van der Waals surface area contributed by atoms with Gasteiger partial charge in [-0.15, -0.1) is 10.2 Å². The maximum atomic E-state index is 12.0. The molecule has 1 aromatic rings. The minimum atomic E-state index is -4.41. The third-order valence-corrected chi connectivity index (χ3v) is 3.36. The number of hydrogen-bond donors (Lipinski definition) is 1. The Hall–Kier alpha value is -0.340. The Kier molecular flexibility index (Phi) is 4.14. The van der Waals surface area contributed by atoms with Crippen LogP contribution < -0.4 is 0 Å². The highest BCUT2D eigenvalue weighted by atomic mass is 32.2. The van der Waals surface area contributed by atoms with Crippen LogP contribution in [-0.4, -0.2) is 27.7 Å². The Balaban J connectivity index is 2.51. The van der Waals surface area contributed by atoms with Crippen molar-refractivity contribution in [1.82, 2.24) is 10.2 Å². The molecule has 0 fully saturated rings. The van der Waals surface area contributed by atoms with E-state index in [-0.39, 0.29) is 10.9 Å². The summed E-state index contributed by atoms with van der Waals surface area (Å²) in [5.74, 6) is 0.545. The van der Waals surface area contributed by atoms with Gasteiger partial charge in [-0.25, -0.2) is 0 Å². The van der Waals surface area contributed by atoms with Gasteiger partial charge in [-0.1, -0.05) is 23.1 Å². The summed E-state index contributed by atoms with van der Waals surface area (Å²) in [5, 5.41) is 13.9. The van der Waals surface area contributed by atoms with Gasteiger partial charge >= 0.3 is 6.18 Å². The van der Waals surface area contributed by atoms with E-state index in [4.69, 9.17) is 5.11 Å². The van der Waals surface area contributed by atoms with Crippen molar-refractivity contribution in [3.8, 4) is 0 Å². The van der Waals surface area contributed by atoms with Crippen LogP contribution in [0.5, 0.6) is 0 Å². The summed E-state index contributed by atoms with van der Waals surface area (Å²) in [5.41, 5.74) is 0. The molecule has 0 aliphatic heterocycles. The second kappa shape index (κ2) is 4.94. The summed E-state index contributed by atoms with van der Waals surface area (Å²) < 4.78 is 36.4.